The Labute approximate surface area is 130 Å². The van der Waals surface area contributed by atoms with E-state index in [4.69, 9.17) is 5.73 Å². The number of nitrogens with one attached hydrogen (secondary N) is 2. The summed E-state index contributed by atoms with van der Waals surface area (Å²) in [4.78, 5) is 7.36. The van der Waals surface area contributed by atoms with Crippen LogP contribution in [0.1, 0.15) is 31.2 Å². The van der Waals surface area contributed by atoms with Crippen molar-refractivity contribution in [1.29, 1.82) is 0 Å². The van der Waals surface area contributed by atoms with Crippen molar-refractivity contribution < 1.29 is 0 Å². The van der Waals surface area contributed by atoms with Crippen molar-refractivity contribution in [2.45, 2.75) is 31.7 Å². The molecule has 0 spiro atoms. The van der Waals surface area contributed by atoms with Crippen LogP contribution in [0, 0.1) is 0 Å². The van der Waals surface area contributed by atoms with Crippen LogP contribution in [-0.2, 0) is 0 Å². The molecule has 4 N–H and O–H groups in total. The first-order valence-corrected chi connectivity index (χ1v) is 7.76. The molecule has 0 radical (unpaired) electrons. The Balaban J connectivity index is 1.67. The summed E-state index contributed by atoms with van der Waals surface area (Å²) in [6.45, 7) is 4.05. The lowest BCUT2D eigenvalue weighted by atomic mass is 10.1. The van der Waals surface area contributed by atoms with E-state index in [1.54, 1.807) is 6.20 Å². The molecule has 2 heterocycles. The van der Waals surface area contributed by atoms with E-state index in [2.05, 4.69) is 21.9 Å². The zero-order valence-corrected chi connectivity index (χ0v) is 12.7. The highest BCUT2D eigenvalue weighted by atomic mass is 14.9. The number of hydrogen-bond donors (Lipinski definition) is 3. The van der Waals surface area contributed by atoms with E-state index in [1.165, 1.54) is 25.7 Å². The van der Waals surface area contributed by atoms with Crippen molar-refractivity contribution in [2.75, 3.05) is 0 Å². The standard InChI is InChI=1S/C18H22N4/c1-13(22-14-6-2-3-7-14)5-4-8-17(19)15-9-11-20-18-16(15)10-12-21-18/h4-5,8-12,14,22H,1-3,6-7,19H2,(H,20,21)/b5-4-,17-8-. The van der Waals surface area contributed by atoms with E-state index in [0.29, 0.717) is 6.04 Å². The molecule has 1 aliphatic carbocycles. The number of fused-ring (bicyclic) bond motifs is 1. The van der Waals surface area contributed by atoms with E-state index < -0.39 is 0 Å². The molecule has 4 nitrogen and oxygen atoms in total. The van der Waals surface area contributed by atoms with Gasteiger partial charge >= 0.3 is 0 Å². The van der Waals surface area contributed by atoms with Crippen molar-refractivity contribution >= 4 is 16.7 Å². The fourth-order valence-corrected chi connectivity index (χ4v) is 2.95. The zero-order chi connectivity index (χ0) is 15.4. The minimum absolute atomic E-state index is 0.582. The van der Waals surface area contributed by atoms with Gasteiger partial charge in [0, 0.05) is 40.8 Å². The third-order valence-electron chi connectivity index (χ3n) is 4.09. The lowest BCUT2D eigenvalue weighted by Gasteiger charge is -2.12. The highest BCUT2D eigenvalue weighted by Crippen LogP contribution is 2.20. The third kappa shape index (κ3) is 3.22. The molecular formula is C18H22N4. The quantitative estimate of drug-likeness (QED) is 0.740. The van der Waals surface area contributed by atoms with Crippen molar-refractivity contribution in [3.8, 4) is 0 Å². The molecule has 0 saturated heterocycles. The van der Waals surface area contributed by atoms with Crippen LogP contribution >= 0.6 is 0 Å². The van der Waals surface area contributed by atoms with E-state index in [9.17, 15) is 0 Å². The number of rotatable bonds is 5. The molecule has 1 fully saturated rings. The normalized spacial score (nSPS) is 16.6. The van der Waals surface area contributed by atoms with E-state index in [0.717, 1.165) is 28.0 Å². The molecule has 2 aromatic heterocycles. The molecule has 114 valence electrons. The van der Waals surface area contributed by atoms with Crippen molar-refractivity contribution in [3.05, 3.63) is 60.6 Å². The Morgan fingerprint density at radius 2 is 2.18 bits per heavy atom. The average Bonchev–Trinajstić information content (AvgIpc) is 3.17. The summed E-state index contributed by atoms with van der Waals surface area (Å²) >= 11 is 0. The van der Waals surface area contributed by atoms with Crippen molar-refractivity contribution in [3.63, 3.8) is 0 Å². The van der Waals surface area contributed by atoms with Gasteiger partial charge in [-0.3, -0.25) is 0 Å². The summed E-state index contributed by atoms with van der Waals surface area (Å²) in [5.41, 5.74) is 9.69. The first-order valence-electron chi connectivity index (χ1n) is 7.76. The molecule has 0 bridgehead atoms. The lowest BCUT2D eigenvalue weighted by molar-refractivity contribution is 0.594. The summed E-state index contributed by atoms with van der Waals surface area (Å²) in [6.07, 6.45) is 14.6. The van der Waals surface area contributed by atoms with Gasteiger partial charge in [-0.1, -0.05) is 25.5 Å². The van der Waals surface area contributed by atoms with Crippen LogP contribution in [-0.4, -0.2) is 16.0 Å². The number of nitrogens with zero attached hydrogens (tertiary/aromatic N) is 1. The minimum atomic E-state index is 0.582. The fraction of sp³-hybridized carbons (Fsp3) is 0.278. The molecule has 2 aromatic rings. The van der Waals surface area contributed by atoms with Crippen LogP contribution < -0.4 is 11.1 Å². The molecule has 0 atom stereocenters. The molecule has 0 aliphatic heterocycles. The number of nitrogens with two attached hydrogens (primary N) is 1. The van der Waals surface area contributed by atoms with E-state index in [-0.39, 0.29) is 0 Å². The van der Waals surface area contributed by atoms with E-state index >= 15 is 0 Å². The lowest BCUT2D eigenvalue weighted by Crippen LogP contribution is -2.23. The second-order valence-corrected chi connectivity index (χ2v) is 5.73. The predicted octanol–water partition coefficient (Wildman–Crippen LogP) is 3.46. The fourth-order valence-electron chi connectivity index (χ4n) is 2.95. The first kappa shape index (κ1) is 14.4. The number of aromatic amines is 1. The molecule has 4 heteroatoms. The van der Waals surface area contributed by atoms with Crippen LogP contribution in [0.3, 0.4) is 0 Å². The van der Waals surface area contributed by atoms with Gasteiger partial charge in [-0.15, -0.1) is 0 Å². The van der Waals surface area contributed by atoms with Crippen LogP contribution in [0.25, 0.3) is 16.7 Å². The molecule has 22 heavy (non-hydrogen) atoms. The number of H-pyrrole nitrogens is 1. The van der Waals surface area contributed by atoms with Gasteiger partial charge in [-0.2, -0.15) is 0 Å². The van der Waals surface area contributed by atoms with Crippen LogP contribution in [0.5, 0.6) is 0 Å². The van der Waals surface area contributed by atoms with Gasteiger partial charge in [0.05, 0.1) is 0 Å². The molecule has 0 unspecified atom stereocenters. The highest BCUT2D eigenvalue weighted by molar-refractivity contribution is 5.89. The number of aromatic nitrogens is 2. The Morgan fingerprint density at radius 1 is 1.36 bits per heavy atom. The topological polar surface area (TPSA) is 66.7 Å². The van der Waals surface area contributed by atoms with Crippen molar-refractivity contribution in [1.82, 2.24) is 15.3 Å². The van der Waals surface area contributed by atoms with E-state index in [1.807, 2.05) is 36.6 Å². The Bertz CT molecular complexity index is 718. The maximum Gasteiger partial charge on any atom is 0.137 e. The van der Waals surface area contributed by atoms with Crippen LogP contribution in [0.4, 0.5) is 0 Å². The summed E-state index contributed by atoms with van der Waals surface area (Å²) in [6, 6.07) is 4.50. The minimum Gasteiger partial charge on any atom is -0.398 e. The highest BCUT2D eigenvalue weighted by Gasteiger charge is 2.13. The SMILES string of the molecule is C=C(/C=C\C=C(/N)c1ccnc2[nH]ccc12)NC1CCCC1. The van der Waals surface area contributed by atoms with Gasteiger partial charge in [0.25, 0.3) is 0 Å². The monoisotopic (exact) mass is 294 g/mol. The van der Waals surface area contributed by atoms with Crippen LogP contribution in [0.2, 0.25) is 0 Å². The maximum absolute atomic E-state index is 6.19. The predicted molar refractivity (Wildman–Crippen MR) is 91.9 cm³/mol. The van der Waals surface area contributed by atoms with Crippen molar-refractivity contribution in [2.24, 2.45) is 5.73 Å². The Kier molecular flexibility index (Phi) is 4.28. The molecule has 1 saturated carbocycles. The van der Waals surface area contributed by atoms with Crippen LogP contribution in [0.15, 0.2) is 55.0 Å². The largest absolute Gasteiger partial charge is 0.398 e. The Hall–Kier alpha value is -2.49. The molecule has 0 amide bonds. The second kappa shape index (κ2) is 6.52. The smallest absolute Gasteiger partial charge is 0.137 e. The number of hydrogen-bond acceptors (Lipinski definition) is 3. The molecule has 1 aliphatic rings. The van der Waals surface area contributed by atoms with Gasteiger partial charge in [-0.25, -0.2) is 4.98 Å². The van der Waals surface area contributed by atoms with Gasteiger partial charge < -0.3 is 16.0 Å². The van der Waals surface area contributed by atoms with Gasteiger partial charge in [-0.05, 0) is 37.1 Å². The number of pyridine rings is 1. The summed E-state index contributed by atoms with van der Waals surface area (Å²) < 4.78 is 0. The summed E-state index contributed by atoms with van der Waals surface area (Å²) in [7, 11) is 0. The van der Waals surface area contributed by atoms with Gasteiger partial charge in [0.15, 0.2) is 0 Å². The molecule has 0 aromatic carbocycles. The first-order chi connectivity index (χ1) is 10.7. The number of allylic oxidation sites excluding steroid dienone is 3. The summed E-state index contributed by atoms with van der Waals surface area (Å²) in [5.74, 6) is 0. The molecule has 3 rings (SSSR count). The zero-order valence-electron chi connectivity index (χ0n) is 12.7. The molecular weight excluding hydrogens is 272 g/mol. The Morgan fingerprint density at radius 3 is 3.00 bits per heavy atom. The average molecular weight is 294 g/mol. The van der Waals surface area contributed by atoms with Gasteiger partial charge in [0.1, 0.15) is 5.65 Å². The third-order valence-corrected chi connectivity index (χ3v) is 4.09. The van der Waals surface area contributed by atoms with Gasteiger partial charge in [0.2, 0.25) is 0 Å². The maximum atomic E-state index is 6.19. The second-order valence-electron chi connectivity index (χ2n) is 5.73. The summed E-state index contributed by atoms with van der Waals surface area (Å²) in [5, 5.41) is 4.49.